The third-order valence-electron chi connectivity index (χ3n) is 6.65. The second-order valence-electron chi connectivity index (χ2n) is 9.79. The van der Waals surface area contributed by atoms with Gasteiger partial charge in [0.15, 0.2) is 0 Å². The van der Waals surface area contributed by atoms with Gasteiger partial charge >= 0.3 is 17.6 Å². The molecule has 0 bridgehead atoms. The molecule has 0 spiro atoms. The van der Waals surface area contributed by atoms with E-state index in [4.69, 9.17) is 27.9 Å². The zero-order valence-electron chi connectivity index (χ0n) is 23.7. The number of halogens is 2. The van der Waals surface area contributed by atoms with Gasteiger partial charge in [0, 0.05) is 40.2 Å². The minimum absolute atomic E-state index is 0.0251. The van der Waals surface area contributed by atoms with Crippen molar-refractivity contribution < 1.29 is 23.9 Å². The minimum Gasteiger partial charge on any atom is -0.428 e. The molecular weight excluding hydrogens is 599 g/mol. The predicted octanol–water partition coefficient (Wildman–Crippen LogP) is 3.47. The molecule has 43 heavy (non-hydrogen) atoms. The lowest BCUT2D eigenvalue weighted by Gasteiger charge is -2.19. The Labute approximate surface area is 256 Å². The molecule has 0 unspecified atom stereocenters. The van der Waals surface area contributed by atoms with Gasteiger partial charge in [0.2, 0.25) is 6.79 Å². The number of aryl methyl sites for hydroxylation is 1. The summed E-state index contributed by atoms with van der Waals surface area (Å²) in [6.45, 7) is 0.513. The van der Waals surface area contributed by atoms with Crippen molar-refractivity contribution in [3.05, 3.63) is 103 Å². The van der Waals surface area contributed by atoms with Gasteiger partial charge in [-0.2, -0.15) is 0 Å². The summed E-state index contributed by atoms with van der Waals surface area (Å²) >= 11 is 12.3. The number of aromatic nitrogens is 2. The molecule has 0 radical (unpaired) electrons. The van der Waals surface area contributed by atoms with Gasteiger partial charge in [-0.3, -0.25) is 19.0 Å². The highest BCUT2D eigenvalue weighted by molar-refractivity contribution is 6.39. The molecule has 1 heterocycles. The zero-order valence-corrected chi connectivity index (χ0v) is 25.2. The van der Waals surface area contributed by atoms with Crippen LogP contribution in [-0.4, -0.2) is 53.9 Å². The highest BCUT2D eigenvalue weighted by atomic mass is 35.5. The Morgan fingerprint density at radius 1 is 0.953 bits per heavy atom. The molecule has 0 aliphatic rings. The van der Waals surface area contributed by atoms with Gasteiger partial charge in [0.1, 0.15) is 6.04 Å². The maximum Gasteiger partial charge on any atom is 0.335 e. The number of ether oxygens (including phenoxy) is 2. The number of anilines is 1. The number of hydrogen-bond acceptors (Lipinski definition) is 8. The number of nitrogens with zero attached hydrogens (tertiary/aromatic N) is 3. The Morgan fingerprint density at radius 3 is 2.21 bits per heavy atom. The molecule has 0 aliphatic heterocycles. The molecule has 1 aromatic heterocycles. The van der Waals surface area contributed by atoms with Crippen LogP contribution in [0.1, 0.15) is 22.8 Å². The van der Waals surface area contributed by atoms with Crippen LogP contribution in [0.25, 0.3) is 16.6 Å². The maximum atomic E-state index is 13.5. The number of amides is 1. The van der Waals surface area contributed by atoms with Crippen molar-refractivity contribution in [2.45, 2.75) is 19.4 Å². The summed E-state index contributed by atoms with van der Waals surface area (Å²) < 4.78 is 12.2. The summed E-state index contributed by atoms with van der Waals surface area (Å²) in [5.41, 5.74) is 1.14. The van der Waals surface area contributed by atoms with Crippen LogP contribution >= 0.6 is 23.2 Å². The van der Waals surface area contributed by atoms with Crippen molar-refractivity contribution in [3.63, 3.8) is 0 Å². The van der Waals surface area contributed by atoms with Gasteiger partial charge in [-0.1, -0.05) is 41.4 Å². The fourth-order valence-electron chi connectivity index (χ4n) is 4.38. The molecule has 3 aromatic carbocycles. The topological polar surface area (TPSA) is 129 Å². The van der Waals surface area contributed by atoms with Crippen molar-refractivity contribution in [2.24, 2.45) is 7.05 Å². The average Bonchev–Trinajstić information content (AvgIpc) is 2.96. The molecule has 1 N–H and O–H groups in total. The normalized spacial score (nSPS) is 11.6. The van der Waals surface area contributed by atoms with E-state index in [-0.39, 0.29) is 22.0 Å². The van der Waals surface area contributed by atoms with E-state index < -0.39 is 41.9 Å². The van der Waals surface area contributed by atoms with E-state index >= 15 is 0 Å². The quantitative estimate of drug-likeness (QED) is 0.221. The van der Waals surface area contributed by atoms with Crippen molar-refractivity contribution in [1.29, 1.82) is 0 Å². The summed E-state index contributed by atoms with van der Waals surface area (Å²) in [5.74, 6) is -2.25. The SMILES string of the molecule is CC(=O)OCOC(=O)[C@H](Cc1ccc(-n2c(=O)c3cc(N(C)C)ccc3n(C)c2=O)cc1)NC(=O)c1c(Cl)cccc1Cl. The van der Waals surface area contributed by atoms with Crippen LogP contribution in [0.5, 0.6) is 0 Å². The molecule has 4 aromatic rings. The van der Waals surface area contributed by atoms with Gasteiger partial charge in [0.25, 0.3) is 11.5 Å². The van der Waals surface area contributed by atoms with E-state index in [9.17, 15) is 24.0 Å². The lowest BCUT2D eigenvalue weighted by molar-refractivity contribution is -0.167. The highest BCUT2D eigenvalue weighted by Gasteiger charge is 2.26. The van der Waals surface area contributed by atoms with Crippen LogP contribution < -0.4 is 21.5 Å². The maximum absolute atomic E-state index is 13.5. The summed E-state index contributed by atoms with van der Waals surface area (Å²) in [6, 6.07) is 14.9. The summed E-state index contributed by atoms with van der Waals surface area (Å²) in [7, 11) is 5.29. The predicted molar refractivity (Wildman–Crippen MR) is 163 cm³/mol. The first-order chi connectivity index (χ1) is 20.4. The molecule has 0 saturated carbocycles. The lowest BCUT2D eigenvalue weighted by atomic mass is 10.0. The summed E-state index contributed by atoms with van der Waals surface area (Å²) in [5, 5.41) is 3.11. The van der Waals surface area contributed by atoms with E-state index in [1.54, 1.807) is 49.5 Å². The third kappa shape index (κ3) is 6.90. The zero-order chi connectivity index (χ0) is 31.4. The molecule has 0 fully saturated rings. The number of carbonyl (C=O) groups excluding carboxylic acids is 3. The standard InChI is InChI=1S/C30H28Cl2N4O7/c1-17(37)42-16-43-29(40)24(33-27(38)26-22(31)6-5-7-23(26)32)14-18-8-10-19(11-9-18)36-28(39)21-15-20(34(2)3)12-13-25(21)35(4)30(36)41/h5-13,15,24H,14,16H2,1-4H3,(H,33,38)/t24-/m0/s1. The van der Waals surface area contributed by atoms with Crippen LogP contribution in [0.4, 0.5) is 5.69 Å². The van der Waals surface area contributed by atoms with Crippen molar-refractivity contribution >= 4 is 57.6 Å². The van der Waals surface area contributed by atoms with Gasteiger partial charge in [0.05, 0.1) is 32.2 Å². The Kier molecular flexibility index (Phi) is 9.57. The van der Waals surface area contributed by atoms with E-state index in [1.807, 2.05) is 25.1 Å². The van der Waals surface area contributed by atoms with E-state index in [0.717, 1.165) is 17.2 Å². The molecule has 1 atom stereocenters. The molecule has 224 valence electrons. The second kappa shape index (κ2) is 13.1. The third-order valence-corrected chi connectivity index (χ3v) is 7.28. The Hall–Kier alpha value is -4.61. The summed E-state index contributed by atoms with van der Waals surface area (Å²) in [4.78, 5) is 65.5. The number of rotatable bonds is 9. The van der Waals surface area contributed by atoms with E-state index in [1.165, 1.54) is 16.7 Å². The average molecular weight is 627 g/mol. The van der Waals surface area contributed by atoms with E-state index in [2.05, 4.69) is 10.1 Å². The first kappa shape index (κ1) is 31.3. The van der Waals surface area contributed by atoms with Gasteiger partial charge in [-0.05, 0) is 48.0 Å². The van der Waals surface area contributed by atoms with Gasteiger partial charge in [-0.15, -0.1) is 0 Å². The fourth-order valence-corrected chi connectivity index (χ4v) is 4.95. The van der Waals surface area contributed by atoms with Gasteiger partial charge < -0.3 is 19.7 Å². The fraction of sp³-hybridized carbons (Fsp3) is 0.233. The van der Waals surface area contributed by atoms with Crippen LogP contribution in [0, 0.1) is 0 Å². The number of fused-ring (bicyclic) bond motifs is 1. The smallest absolute Gasteiger partial charge is 0.335 e. The second-order valence-corrected chi connectivity index (χ2v) is 10.6. The van der Waals surface area contributed by atoms with Crippen LogP contribution in [0.2, 0.25) is 10.0 Å². The van der Waals surface area contributed by atoms with Gasteiger partial charge in [-0.25, -0.2) is 14.2 Å². The monoisotopic (exact) mass is 626 g/mol. The van der Waals surface area contributed by atoms with E-state index in [0.29, 0.717) is 22.2 Å². The highest BCUT2D eigenvalue weighted by Crippen LogP contribution is 2.24. The number of esters is 2. The minimum atomic E-state index is -1.23. The lowest BCUT2D eigenvalue weighted by Crippen LogP contribution is -2.44. The van der Waals surface area contributed by atoms with Crippen LogP contribution in [0.3, 0.4) is 0 Å². The number of benzene rings is 3. The molecule has 11 nitrogen and oxygen atoms in total. The van der Waals surface area contributed by atoms with Crippen molar-refractivity contribution in [2.75, 3.05) is 25.8 Å². The molecule has 4 rings (SSSR count). The van der Waals surface area contributed by atoms with Crippen molar-refractivity contribution in [1.82, 2.24) is 14.5 Å². The summed E-state index contributed by atoms with van der Waals surface area (Å²) in [6.07, 6.45) is -0.0518. The Bertz CT molecular complexity index is 1810. The Balaban J connectivity index is 1.65. The number of hydrogen-bond donors (Lipinski definition) is 1. The van der Waals surface area contributed by atoms with Crippen LogP contribution in [0.15, 0.2) is 70.3 Å². The number of carbonyl (C=O) groups is 3. The largest absolute Gasteiger partial charge is 0.428 e. The molecule has 0 aliphatic carbocycles. The van der Waals surface area contributed by atoms with Crippen LogP contribution in [-0.2, 0) is 32.5 Å². The molecule has 13 heteroatoms. The first-order valence-corrected chi connectivity index (χ1v) is 13.7. The number of nitrogens with one attached hydrogen (secondary N) is 1. The first-order valence-electron chi connectivity index (χ1n) is 13.0. The Morgan fingerprint density at radius 2 is 1.60 bits per heavy atom. The molecule has 1 amide bonds. The molecule has 0 saturated heterocycles. The molecular formula is C30H28Cl2N4O7. The van der Waals surface area contributed by atoms with Crippen molar-refractivity contribution in [3.8, 4) is 5.69 Å².